The van der Waals surface area contributed by atoms with E-state index in [-0.39, 0.29) is 5.91 Å². The lowest BCUT2D eigenvalue weighted by Crippen LogP contribution is -2.52. The van der Waals surface area contributed by atoms with Gasteiger partial charge in [-0.25, -0.2) is 24.4 Å². The first-order valence-corrected chi connectivity index (χ1v) is 24.0. The number of ether oxygens (including phenoxy) is 3. The van der Waals surface area contributed by atoms with Crippen LogP contribution in [0.15, 0.2) is 121 Å². The van der Waals surface area contributed by atoms with E-state index in [1.54, 1.807) is 63.7 Å². The minimum absolute atomic E-state index is 0.260. The van der Waals surface area contributed by atoms with E-state index in [0.717, 1.165) is 58.5 Å². The van der Waals surface area contributed by atoms with Gasteiger partial charge < -0.3 is 39.3 Å². The fourth-order valence-electron chi connectivity index (χ4n) is 8.79. The maximum Gasteiger partial charge on any atom is 0.420 e. The molecule has 0 radical (unpaired) electrons. The molecule has 2 fully saturated rings. The summed E-state index contributed by atoms with van der Waals surface area (Å²) in [6, 6.07) is 35.7. The molecule has 0 spiro atoms. The van der Waals surface area contributed by atoms with Crippen LogP contribution < -0.4 is 5.32 Å². The number of hydrogen-bond donors (Lipinski definition) is 3. The minimum Gasteiger partial charge on any atom is -0.453 e. The number of alkyl carbamates (subject to hydrolysis) is 1. The number of carbonyl (C=O) groups excluding carboxylic acids is 5. The van der Waals surface area contributed by atoms with Crippen molar-refractivity contribution in [2.45, 2.75) is 37.0 Å². The predicted octanol–water partition coefficient (Wildman–Crippen LogP) is 8.94. The molecule has 5 aromatic carbocycles. The molecular weight excluding hydrogens is 905 g/mol. The van der Waals surface area contributed by atoms with Gasteiger partial charge in [-0.2, -0.15) is 4.90 Å². The Hall–Kier alpha value is -7.31. The zero-order chi connectivity index (χ0) is 47.7. The van der Waals surface area contributed by atoms with Gasteiger partial charge in [0, 0.05) is 11.5 Å². The van der Waals surface area contributed by atoms with E-state index in [1.165, 1.54) is 7.11 Å². The standard InChI is InChI=1S/C50H48N8O8S2/c1-49(26-67-28-56(49)42(59)40(55-46(61)64-3)32-12-8-6-9-13-32)44-51-36-22-20-34(24-38(36)53-44)30-16-18-31(19-17-30)35-21-23-37-39(25-35)54-45(52-37)50(2)27-68-29-57(50)43(60)41(33-14-10-7-11-15-33)58(47(62)65-4)48(63)66-5/h6-25,40-41H,26-29H2,1-5H3,(H,51,53)(H,52,54)(H,55,61)/t40-,41-,49-,50-/m1/s1. The molecule has 2 saturated heterocycles. The van der Waals surface area contributed by atoms with Gasteiger partial charge in [-0.1, -0.05) is 97.1 Å². The van der Waals surface area contributed by atoms with Gasteiger partial charge in [0.05, 0.1) is 55.1 Å². The maximum absolute atomic E-state index is 14.6. The summed E-state index contributed by atoms with van der Waals surface area (Å²) in [6.45, 7) is 3.91. The number of imidazole rings is 2. The summed E-state index contributed by atoms with van der Waals surface area (Å²) in [5, 5.41) is 2.73. The van der Waals surface area contributed by atoms with E-state index in [4.69, 9.17) is 24.2 Å². The van der Waals surface area contributed by atoms with Crippen molar-refractivity contribution in [2.24, 2.45) is 0 Å². The molecule has 4 atom stereocenters. The van der Waals surface area contributed by atoms with Crippen molar-refractivity contribution < 1.29 is 38.2 Å². The summed E-state index contributed by atoms with van der Waals surface area (Å²) in [5.74, 6) is 2.32. The molecule has 4 heterocycles. The number of hydrogen-bond acceptors (Lipinski definition) is 12. The average molecular weight is 953 g/mol. The van der Waals surface area contributed by atoms with E-state index in [9.17, 15) is 24.0 Å². The summed E-state index contributed by atoms with van der Waals surface area (Å²) in [7, 11) is 3.56. The Kier molecular flexibility index (Phi) is 12.6. The van der Waals surface area contributed by atoms with Crippen LogP contribution in [0.2, 0.25) is 0 Å². The number of fused-ring (bicyclic) bond motifs is 2. The van der Waals surface area contributed by atoms with Gasteiger partial charge in [-0.3, -0.25) is 9.59 Å². The largest absolute Gasteiger partial charge is 0.453 e. The minimum atomic E-state index is -1.35. The number of rotatable bonds is 10. The molecule has 2 aliphatic rings. The van der Waals surface area contributed by atoms with Gasteiger partial charge in [0.1, 0.15) is 28.8 Å². The van der Waals surface area contributed by atoms with Crippen molar-refractivity contribution in [2.75, 3.05) is 44.6 Å². The lowest BCUT2D eigenvalue weighted by atomic mass is 9.98. The molecule has 5 amide bonds. The van der Waals surface area contributed by atoms with Crippen molar-refractivity contribution in [3.05, 3.63) is 144 Å². The number of nitrogens with one attached hydrogen (secondary N) is 3. The summed E-state index contributed by atoms with van der Waals surface area (Å²) >= 11 is 3.17. The van der Waals surface area contributed by atoms with Crippen LogP contribution in [0.25, 0.3) is 44.3 Å². The van der Waals surface area contributed by atoms with Gasteiger partial charge >= 0.3 is 18.3 Å². The molecule has 68 heavy (non-hydrogen) atoms. The second-order valence-corrected chi connectivity index (χ2v) is 18.8. The predicted molar refractivity (Wildman–Crippen MR) is 260 cm³/mol. The molecule has 7 aromatic rings. The number of aromatic amines is 2. The highest BCUT2D eigenvalue weighted by molar-refractivity contribution is 7.99. The number of methoxy groups -OCH3 is 3. The lowest BCUT2D eigenvalue weighted by Gasteiger charge is -2.37. The third-order valence-corrected chi connectivity index (χ3v) is 15.1. The van der Waals surface area contributed by atoms with E-state index in [0.29, 0.717) is 50.9 Å². The maximum atomic E-state index is 14.6. The normalized spacial score (nSPS) is 18.8. The average Bonchev–Trinajstić information content (AvgIpc) is 4.19. The fourth-order valence-corrected chi connectivity index (χ4v) is 11.5. The van der Waals surface area contributed by atoms with Gasteiger partial charge in [0.2, 0.25) is 0 Å². The molecule has 18 heteroatoms. The van der Waals surface area contributed by atoms with E-state index in [1.807, 2.05) is 74.5 Å². The number of carbonyl (C=O) groups is 5. The number of H-pyrrole nitrogens is 2. The molecule has 3 N–H and O–H groups in total. The molecule has 0 saturated carbocycles. The first kappa shape index (κ1) is 45.8. The van der Waals surface area contributed by atoms with Crippen LogP contribution in [0, 0.1) is 0 Å². The summed E-state index contributed by atoms with van der Waals surface area (Å²) in [4.78, 5) is 88.3. The monoisotopic (exact) mass is 952 g/mol. The number of aromatic nitrogens is 4. The van der Waals surface area contributed by atoms with E-state index >= 15 is 0 Å². The molecule has 16 nitrogen and oxygen atoms in total. The van der Waals surface area contributed by atoms with Crippen molar-refractivity contribution in [1.29, 1.82) is 0 Å². The fraction of sp³-hybridized carbons (Fsp3) is 0.260. The van der Waals surface area contributed by atoms with Gasteiger partial charge in [-0.05, 0) is 71.5 Å². The Morgan fingerprint density at radius 3 is 1.50 bits per heavy atom. The van der Waals surface area contributed by atoms with Crippen LogP contribution in [0.3, 0.4) is 0 Å². The zero-order valence-corrected chi connectivity index (χ0v) is 39.5. The molecular formula is C50H48N8O8S2. The van der Waals surface area contributed by atoms with Gasteiger partial charge in [0.25, 0.3) is 11.8 Å². The Morgan fingerprint density at radius 1 is 0.603 bits per heavy atom. The van der Waals surface area contributed by atoms with Crippen molar-refractivity contribution in [3.8, 4) is 22.3 Å². The molecule has 0 bridgehead atoms. The molecule has 0 unspecified atom stereocenters. The highest BCUT2D eigenvalue weighted by atomic mass is 32.2. The van der Waals surface area contributed by atoms with Gasteiger partial charge in [-0.15, -0.1) is 23.5 Å². The number of nitrogens with zero attached hydrogens (tertiary/aromatic N) is 5. The molecule has 0 aliphatic carbocycles. The molecule has 2 aliphatic heterocycles. The third-order valence-electron chi connectivity index (χ3n) is 12.6. The first-order chi connectivity index (χ1) is 32.9. The highest BCUT2D eigenvalue weighted by Crippen LogP contribution is 2.43. The van der Waals surface area contributed by atoms with Crippen LogP contribution in [0.4, 0.5) is 14.4 Å². The first-order valence-electron chi connectivity index (χ1n) is 21.7. The van der Waals surface area contributed by atoms with E-state index in [2.05, 4.69) is 45.6 Å². The van der Waals surface area contributed by atoms with Crippen LogP contribution in [-0.2, 0) is 34.9 Å². The zero-order valence-electron chi connectivity index (χ0n) is 37.8. The van der Waals surface area contributed by atoms with Crippen molar-refractivity contribution in [1.82, 2.24) is 40.0 Å². The topological polar surface area (TPSA) is 192 Å². The Morgan fingerprint density at radius 2 is 1.04 bits per heavy atom. The number of amides is 5. The number of benzene rings is 5. The number of thioether (sulfide) groups is 2. The van der Waals surface area contributed by atoms with Gasteiger partial charge in [0.15, 0.2) is 6.04 Å². The summed E-state index contributed by atoms with van der Waals surface area (Å²) in [6.07, 6.45) is -2.74. The Labute approximate surface area is 400 Å². The second kappa shape index (κ2) is 18.8. The Bertz CT molecular complexity index is 3030. The van der Waals surface area contributed by atoms with Crippen LogP contribution in [0.1, 0.15) is 48.7 Å². The van der Waals surface area contributed by atoms with Crippen LogP contribution in [0.5, 0.6) is 0 Å². The SMILES string of the molecule is COC(=O)N[C@@H](C(=O)N1CSC[C@]1(C)c1nc2ccc(-c3ccc(-c4ccc5nc([C@@]6(C)CSCN6C(=O)[C@@H](c6ccccc6)N(C(=O)OC)C(=O)OC)[nH]c5c4)cc3)cc2[nH]1)c1ccccc1. The third kappa shape index (κ3) is 8.38. The Balaban J connectivity index is 0.947. The summed E-state index contributed by atoms with van der Waals surface area (Å²) < 4.78 is 14.7. The van der Waals surface area contributed by atoms with Crippen molar-refractivity contribution >= 4 is 75.7 Å². The van der Waals surface area contributed by atoms with Crippen molar-refractivity contribution in [3.63, 3.8) is 0 Å². The highest BCUT2D eigenvalue weighted by Gasteiger charge is 2.50. The van der Waals surface area contributed by atoms with E-state index < -0.39 is 47.3 Å². The second-order valence-electron chi connectivity index (χ2n) is 16.9. The number of imide groups is 1. The molecule has 9 rings (SSSR count). The molecule has 2 aromatic heterocycles. The van der Waals surface area contributed by atoms with Crippen LogP contribution in [-0.4, -0.2) is 109 Å². The quantitative estimate of drug-likeness (QED) is 0.111. The van der Waals surface area contributed by atoms with Crippen LogP contribution >= 0.6 is 23.5 Å². The summed E-state index contributed by atoms with van der Waals surface area (Å²) in [5.41, 5.74) is 6.38. The smallest absolute Gasteiger partial charge is 0.420 e. The lowest BCUT2D eigenvalue weighted by molar-refractivity contribution is -0.140. The molecule has 348 valence electrons.